The second kappa shape index (κ2) is 17.2. The Bertz CT molecular complexity index is 918. The van der Waals surface area contributed by atoms with Gasteiger partial charge >= 0.3 is 17.9 Å². The number of carboxylic acid groups (broad SMARTS) is 3. The average Bonchev–Trinajstić information content (AvgIpc) is 2.83. The molecule has 0 bridgehead atoms. The summed E-state index contributed by atoms with van der Waals surface area (Å²) < 4.78 is 6.20. The van der Waals surface area contributed by atoms with Crippen molar-refractivity contribution in [3.8, 4) is 0 Å². The first kappa shape index (κ1) is 31.8. The van der Waals surface area contributed by atoms with Crippen LogP contribution in [0.3, 0.4) is 0 Å². The van der Waals surface area contributed by atoms with E-state index < -0.39 is 36.4 Å². The fourth-order valence-corrected chi connectivity index (χ4v) is 3.64. The third kappa shape index (κ3) is 14.2. The minimum Gasteiger partial charge on any atom is -0.481 e. The predicted octanol–water partition coefficient (Wildman–Crippen LogP) is 3.86. The molecule has 37 heavy (non-hydrogen) atoms. The highest BCUT2D eigenvalue weighted by Gasteiger charge is 2.40. The molecule has 0 aromatic heterocycles. The Balaban J connectivity index is 0.000000448. The second-order valence-corrected chi connectivity index (χ2v) is 9.14. The summed E-state index contributed by atoms with van der Waals surface area (Å²) in [7, 11) is 4.22. The zero-order valence-electron chi connectivity index (χ0n) is 21.6. The maximum Gasteiger partial charge on any atom is 0.336 e. The van der Waals surface area contributed by atoms with Gasteiger partial charge in [-0.3, -0.25) is 9.59 Å². The molecule has 1 unspecified atom stereocenters. The van der Waals surface area contributed by atoms with Crippen LogP contribution in [0.2, 0.25) is 0 Å². The lowest BCUT2D eigenvalue weighted by Crippen LogP contribution is -2.42. The van der Waals surface area contributed by atoms with Crippen LogP contribution in [-0.4, -0.2) is 76.1 Å². The highest BCUT2D eigenvalue weighted by molar-refractivity contribution is 5.88. The van der Waals surface area contributed by atoms with Crippen molar-refractivity contribution in [3.05, 3.63) is 71.8 Å². The Morgan fingerprint density at radius 1 is 0.838 bits per heavy atom. The largest absolute Gasteiger partial charge is 0.481 e. The lowest BCUT2D eigenvalue weighted by Gasteiger charge is -2.19. The van der Waals surface area contributed by atoms with Gasteiger partial charge < -0.3 is 30.1 Å². The molecule has 4 N–H and O–H groups in total. The molecule has 2 aromatic rings. The molecule has 2 rings (SSSR count). The average molecular weight is 518 g/mol. The van der Waals surface area contributed by atoms with E-state index >= 15 is 0 Å². The van der Waals surface area contributed by atoms with E-state index in [2.05, 4.69) is 79.7 Å². The first-order valence-corrected chi connectivity index (χ1v) is 12.3. The van der Waals surface area contributed by atoms with Crippen LogP contribution in [0, 0.1) is 0 Å². The Morgan fingerprint density at radius 3 is 1.86 bits per heavy atom. The highest BCUT2D eigenvalue weighted by Crippen LogP contribution is 2.24. The Labute approximate surface area is 218 Å². The molecule has 0 amide bonds. The molecule has 0 heterocycles. The number of carboxylic acids is 3. The van der Waals surface area contributed by atoms with E-state index in [4.69, 9.17) is 25.2 Å². The minimum atomic E-state index is -2.74. The molecule has 0 fully saturated rings. The summed E-state index contributed by atoms with van der Waals surface area (Å²) >= 11 is 0. The smallest absolute Gasteiger partial charge is 0.336 e. The number of benzene rings is 2. The number of ether oxygens (including phenoxy) is 1. The maximum atomic E-state index is 10.3. The van der Waals surface area contributed by atoms with Gasteiger partial charge in [-0.05, 0) is 57.5 Å². The van der Waals surface area contributed by atoms with Crippen molar-refractivity contribution < 1.29 is 39.5 Å². The lowest BCUT2D eigenvalue weighted by molar-refractivity contribution is -0.170. The first-order valence-electron chi connectivity index (χ1n) is 12.3. The van der Waals surface area contributed by atoms with Crippen LogP contribution in [0.25, 0.3) is 0 Å². The summed E-state index contributed by atoms with van der Waals surface area (Å²) in [6.07, 6.45) is 3.69. The zero-order chi connectivity index (χ0) is 27.7. The Morgan fingerprint density at radius 2 is 1.38 bits per heavy atom. The number of aliphatic carboxylic acids is 3. The standard InChI is InChI=1S/C22H31NO.C6H8O7/c1-23(2)18-11-19-24-22(21-15-7-4-8-16-21)17-10-9-14-20-12-5-3-6-13-20;7-3(8)1-6(13,5(11)12)2-4(9)10/h3-8,12-13,15-16,22H,9-11,14,17-19H2,1-2H3;13H,1-2H2,(H,7,8)(H,9,10)(H,11,12). The van der Waals surface area contributed by atoms with Crippen molar-refractivity contribution in [1.82, 2.24) is 4.90 Å². The zero-order valence-corrected chi connectivity index (χ0v) is 21.6. The summed E-state index contributed by atoms with van der Waals surface area (Å²) in [5, 5.41) is 33.8. The van der Waals surface area contributed by atoms with Gasteiger partial charge in [-0.2, -0.15) is 0 Å². The van der Waals surface area contributed by atoms with Crippen LogP contribution in [0.15, 0.2) is 60.7 Å². The number of hydrogen-bond donors (Lipinski definition) is 4. The molecule has 0 saturated heterocycles. The van der Waals surface area contributed by atoms with Crippen LogP contribution < -0.4 is 0 Å². The number of aliphatic hydroxyl groups is 1. The van der Waals surface area contributed by atoms with Gasteiger partial charge in [0.1, 0.15) is 0 Å². The third-order valence-corrected chi connectivity index (χ3v) is 5.55. The molecular formula is C28H39NO8. The molecule has 0 spiro atoms. The summed E-state index contributed by atoms with van der Waals surface area (Å²) in [5.74, 6) is -5.02. The highest BCUT2D eigenvalue weighted by atomic mass is 16.5. The summed E-state index contributed by atoms with van der Waals surface area (Å²) in [6.45, 7) is 1.91. The topological polar surface area (TPSA) is 145 Å². The van der Waals surface area contributed by atoms with E-state index in [9.17, 15) is 14.4 Å². The number of hydrogen-bond acceptors (Lipinski definition) is 6. The van der Waals surface area contributed by atoms with E-state index in [0.717, 1.165) is 32.4 Å². The lowest BCUT2D eigenvalue weighted by atomic mass is 9.96. The van der Waals surface area contributed by atoms with Crippen molar-refractivity contribution in [3.63, 3.8) is 0 Å². The maximum absolute atomic E-state index is 10.3. The summed E-state index contributed by atoms with van der Waals surface area (Å²) in [6, 6.07) is 21.4. The Kier molecular flexibility index (Phi) is 14.8. The normalized spacial score (nSPS) is 11.9. The third-order valence-electron chi connectivity index (χ3n) is 5.55. The minimum absolute atomic E-state index is 0.226. The molecule has 9 nitrogen and oxygen atoms in total. The van der Waals surface area contributed by atoms with Crippen molar-refractivity contribution >= 4 is 17.9 Å². The van der Waals surface area contributed by atoms with E-state index in [1.807, 2.05) is 0 Å². The number of carbonyl (C=O) groups is 3. The number of nitrogens with zero attached hydrogens (tertiary/aromatic N) is 1. The van der Waals surface area contributed by atoms with Crippen LogP contribution >= 0.6 is 0 Å². The van der Waals surface area contributed by atoms with Gasteiger partial charge in [0.2, 0.25) is 0 Å². The fourth-order valence-electron chi connectivity index (χ4n) is 3.64. The van der Waals surface area contributed by atoms with E-state index in [-0.39, 0.29) is 6.10 Å². The SMILES string of the molecule is CN(C)CCCOC(CCCCc1ccccc1)c1ccccc1.O=C(O)CC(O)(CC(=O)O)C(=O)O. The fraction of sp³-hybridized carbons (Fsp3) is 0.464. The van der Waals surface area contributed by atoms with Crippen LogP contribution in [-0.2, 0) is 25.5 Å². The van der Waals surface area contributed by atoms with Crippen LogP contribution in [0.5, 0.6) is 0 Å². The van der Waals surface area contributed by atoms with Crippen molar-refractivity contribution in [1.29, 1.82) is 0 Å². The monoisotopic (exact) mass is 517 g/mol. The molecule has 2 aromatic carbocycles. The van der Waals surface area contributed by atoms with Crippen LogP contribution in [0.1, 0.15) is 55.8 Å². The van der Waals surface area contributed by atoms with Gasteiger partial charge in [0.25, 0.3) is 0 Å². The van der Waals surface area contributed by atoms with Gasteiger partial charge in [0.15, 0.2) is 5.60 Å². The summed E-state index contributed by atoms with van der Waals surface area (Å²) in [5.41, 5.74) is 0.000210. The number of aryl methyl sites for hydroxylation is 1. The van der Waals surface area contributed by atoms with Gasteiger partial charge in [0.05, 0.1) is 18.9 Å². The molecule has 0 aliphatic rings. The molecule has 0 saturated carbocycles. The first-order chi connectivity index (χ1) is 17.5. The molecule has 9 heteroatoms. The van der Waals surface area contributed by atoms with Crippen molar-refractivity contribution in [2.45, 2.75) is 56.7 Å². The van der Waals surface area contributed by atoms with Gasteiger partial charge in [0, 0.05) is 6.61 Å². The molecule has 204 valence electrons. The Hall–Kier alpha value is -3.27. The van der Waals surface area contributed by atoms with Crippen molar-refractivity contribution in [2.75, 3.05) is 27.2 Å². The van der Waals surface area contributed by atoms with Gasteiger partial charge in [-0.1, -0.05) is 67.1 Å². The molecule has 0 aliphatic heterocycles. The van der Waals surface area contributed by atoms with Crippen molar-refractivity contribution in [2.24, 2.45) is 0 Å². The number of unbranched alkanes of at least 4 members (excludes halogenated alkanes) is 1. The van der Waals surface area contributed by atoms with Gasteiger partial charge in [-0.25, -0.2) is 4.79 Å². The molecule has 0 aliphatic carbocycles. The summed E-state index contributed by atoms with van der Waals surface area (Å²) in [4.78, 5) is 32.7. The quantitative estimate of drug-likeness (QED) is 0.244. The molecular weight excluding hydrogens is 478 g/mol. The molecule has 0 radical (unpaired) electrons. The van der Waals surface area contributed by atoms with E-state index in [1.165, 1.54) is 24.0 Å². The number of rotatable bonds is 16. The van der Waals surface area contributed by atoms with Crippen LogP contribution in [0.4, 0.5) is 0 Å². The second-order valence-electron chi connectivity index (χ2n) is 9.14. The predicted molar refractivity (Wildman–Crippen MR) is 139 cm³/mol. The van der Waals surface area contributed by atoms with E-state index in [0.29, 0.717) is 0 Å². The van der Waals surface area contributed by atoms with Gasteiger partial charge in [-0.15, -0.1) is 0 Å². The van der Waals surface area contributed by atoms with E-state index in [1.54, 1.807) is 0 Å². The molecule has 1 atom stereocenters.